The van der Waals surface area contributed by atoms with Gasteiger partial charge in [0.05, 0.1) is 36.0 Å². The molecular formula is C21H23N3O3S. The van der Waals surface area contributed by atoms with Crippen LogP contribution in [0.3, 0.4) is 0 Å². The standard InChI is InChI=1S/C21H23N3O3S/c1-26-13-11-24-18-8-4-3-7-17(18)23-21(24)28-14-20(25)22-16-10-12-27-19-9-5-2-6-15(16)19/h2-9,16H,10-14H2,1H3,(H,22,25). The maximum atomic E-state index is 12.6. The molecule has 0 aliphatic carbocycles. The molecule has 1 N–H and O–H groups in total. The molecule has 1 amide bonds. The number of nitrogens with zero attached hydrogens (tertiary/aromatic N) is 2. The number of benzene rings is 2. The molecule has 2 aromatic carbocycles. The predicted molar refractivity (Wildman–Crippen MR) is 110 cm³/mol. The van der Waals surface area contributed by atoms with Gasteiger partial charge < -0.3 is 19.4 Å². The highest BCUT2D eigenvalue weighted by molar-refractivity contribution is 7.99. The second-order valence-corrected chi connectivity index (χ2v) is 7.55. The van der Waals surface area contributed by atoms with Crippen LogP contribution in [0, 0.1) is 0 Å². The molecule has 7 heteroatoms. The highest BCUT2D eigenvalue weighted by Gasteiger charge is 2.23. The number of ether oxygens (including phenoxy) is 2. The highest BCUT2D eigenvalue weighted by Crippen LogP contribution is 2.31. The van der Waals surface area contributed by atoms with Crippen LogP contribution in [0.1, 0.15) is 18.0 Å². The molecule has 1 aromatic heterocycles. The summed E-state index contributed by atoms with van der Waals surface area (Å²) in [5, 5.41) is 3.97. The van der Waals surface area contributed by atoms with Crippen molar-refractivity contribution in [2.75, 3.05) is 26.1 Å². The third kappa shape index (κ3) is 4.00. The van der Waals surface area contributed by atoms with Gasteiger partial charge in [0.25, 0.3) is 0 Å². The first-order valence-corrected chi connectivity index (χ1v) is 10.3. The maximum Gasteiger partial charge on any atom is 0.230 e. The lowest BCUT2D eigenvalue weighted by Gasteiger charge is -2.26. The first-order chi connectivity index (χ1) is 13.8. The van der Waals surface area contributed by atoms with Crippen LogP contribution in [0.4, 0.5) is 0 Å². The zero-order chi connectivity index (χ0) is 19.3. The Hall–Kier alpha value is -2.51. The number of rotatable bonds is 7. The molecule has 0 saturated heterocycles. The minimum atomic E-state index is -0.00893. The molecule has 3 aromatic rings. The van der Waals surface area contributed by atoms with Crippen LogP contribution in [-0.2, 0) is 16.1 Å². The molecule has 1 atom stereocenters. The molecule has 2 heterocycles. The van der Waals surface area contributed by atoms with Gasteiger partial charge in [-0.3, -0.25) is 4.79 Å². The van der Waals surface area contributed by atoms with Crippen LogP contribution in [0.25, 0.3) is 11.0 Å². The van der Waals surface area contributed by atoms with Crippen molar-refractivity contribution in [2.24, 2.45) is 0 Å². The van der Waals surface area contributed by atoms with Gasteiger partial charge in [-0.05, 0) is 18.2 Å². The Morgan fingerprint density at radius 1 is 1.29 bits per heavy atom. The second kappa shape index (κ2) is 8.67. The number of nitrogens with one attached hydrogen (secondary N) is 1. The minimum Gasteiger partial charge on any atom is -0.493 e. The van der Waals surface area contributed by atoms with Crippen molar-refractivity contribution in [3.63, 3.8) is 0 Å². The number of methoxy groups -OCH3 is 1. The van der Waals surface area contributed by atoms with Gasteiger partial charge in [0, 0.05) is 25.6 Å². The van der Waals surface area contributed by atoms with Crippen molar-refractivity contribution in [3.8, 4) is 5.75 Å². The van der Waals surface area contributed by atoms with Gasteiger partial charge in [-0.15, -0.1) is 0 Å². The number of hydrogen-bond donors (Lipinski definition) is 1. The largest absolute Gasteiger partial charge is 0.493 e. The van der Waals surface area contributed by atoms with Crippen molar-refractivity contribution in [1.82, 2.24) is 14.9 Å². The molecule has 1 unspecified atom stereocenters. The summed E-state index contributed by atoms with van der Waals surface area (Å²) in [4.78, 5) is 17.3. The van der Waals surface area contributed by atoms with E-state index in [9.17, 15) is 4.79 Å². The van der Waals surface area contributed by atoms with E-state index in [1.54, 1.807) is 7.11 Å². The van der Waals surface area contributed by atoms with Gasteiger partial charge in [0.1, 0.15) is 5.75 Å². The summed E-state index contributed by atoms with van der Waals surface area (Å²) in [6, 6.07) is 15.9. The van der Waals surface area contributed by atoms with E-state index in [1.165, 1.54) is 11.8 Å². The van der Waals surface area contributed by atoms with E-state index in [4.69, 9.17) is 14.5 Å². The Morgan fingerprint density at radius 3 is 3.00 bits per heavy atom. The molecule has 28 heavy (non-hydrogen) atoms. The van der Waals surface area contributed by atoms with Crippen molar-refractivity contribution in [2.45, 2.75) is 24.2 Å². The predicted octanol–water partition coefficient (Wildman–Crippen LogP) is 3.41. The van der Waals surface area contributed by atoms with Crippen molar-refractivity contribution < 1.29 is 14.3 Å². The fourth-order valence-electron chi connectivity index (χ4n) is 3.42. The third-order valence-corrected chi connectivity index (χ3v) is 5.74. The molecule has 6 nitrogen and oxygen atoms in total. The van der Waals surface area contributed by atoms with Crippen LogP contribution in [-0.4, -0.2) is 41.5 Å². The number of carbonyl (C=O) groups is 1. The van der Waals surface area contributed by atoms with E-state index in [0.29, 0.717) is 25.5 Å². The number of amides is 1. The first-order valence-electron chi connectivity index (χ1n) is 9.34. The summed E-state index contributed by atoms with van der Waals surface area (Å²) in [7, 11) is 1.69. The Morgan fingerprint density at radius 2 is 2.11 bits per heavy atom. The number of hydrogen-bond acceptors (Lipinski definition) is 5. The van der Waals surface area contributed by atoms with Gasteiger partial charge in [-0.1, -0.05) is 42.1 Å². The van der Waals surface area contributed by atoms with Crippen LogP contribution in [0.15, 0.2) is 53.7 Å². The van der Waals surface area contributed by atoms with Crippen molar-refractivity contribution in [1.29, 1.82) is 0 Å². The average molecular weight is 398 g/mol. The summed E-state index contributed by atoms with van der Waals surface area (Å²) < 4.78 is 13.0. The van der Waals surface area contributed by atoms with E-state index in [1.807, 2.05) is 48.5 Å². The average Bonchev–Trinajstić information content (AvgIpc) is 3.08. The lowest BCUT2D eigenvalue weighted by molar-refractivity contribution is -0.119. The molecule has 0 saturated carbocycles. The minimum absolute atomic E-state index is 0.00273. The molecule has 146 valence electrons. The molecule has 0 spiro atoms. The molecule has 0 radical (unpaired) electrons. The Kier molecular flexibility index (Phi) is 5.83. The number of imidazole rings is 1. The zero-order valence-electron chi connectivity index (χ0n) is 15.8. The summed E-state index contributed by atoms with van der Waals surface area (Å²) in [6.07, 6.45) is 0.778. The van der Waals surface area contributed by atoms with E-state index >= 15 is 0 Å². The molecule has 1 aliphatic heterocycles. The maximum absolute atomic E-state index is 12.6. The van der Waals surface area contributed by atoms with Gasteiger partial charge in [-0.2, -0.15) is 0 Å². The normalized spacial score (nSPS) is 15.8. The number of carbonyl (C=O) groups excluding carboxylic acids is 1. The SMILES string of the molecule is COCCn1c(SCC(=O)NC2CCOc3ccccc32)nc2ccccc21. The fraction of sp³-hybridized carbons (Fsp3) is 0.333. The van der Waals surface area contributed by atoms with Gasteiger partial charge >= 0.3 is 0 Å². The van der Waals surface area contributed by atoms with Crippen LogP contribution in [0.5, 0.6) is 5.75 Å². The van der Waals surface area contributed by atoms with E-state index in [2.05, 4.69) is 9.88 Å². The van der Waals surface area contributed by atoms with Gasteiger partial charge in [0.2, 0.25) is 5.91 Å². The number of thioether (sulfide) groups is 1. The summed E-state index contributed by atoms with van der Waals surface area (Å²) in [5.41, 5.74) is 3.03. The van der Waals surface area contributed by atoms with E-state index < -0.39 is 0 Å². The number of para-hydroxylation sites is 3. The fourth-order valence-corrected chi connectivity index (χ4v) is 4.27. The Labute approximate surface area is 168 Å². The summed E-state index contributed by atoms with van der Waals surface area (Å²) in [6.45, 7) is 1.91. The first kappa shape index (κ1) is 18.8. The van der Waals surface area contributed by atoms with Crippen molar-refractivity contribution in [3.05, 3.63) is 54.1 Å². The van der Waals surface area contributed by atoms with Crippen LogP contribution >= 0.6 is 11.8 Å². The highest BCUT2D eigenvalue weighted by atomic mass is 32.2. The van der Waals surface area contributed by atoms with Gasteiger partial charge in [-0.25, -0.2) is 4.98 Å². The molecule has 1 aliphatic rings. The summed E-state index contributed by atoms with van der Waals surface area (Å²) in [5.74, 6) is 1.17. The van der Waals surface area contributed by atoms with E-state index in [-0.39, 0.29) is 11.9 Å². The summed E-state index contributed by atoms with van der Waals surface area (Å²) >= 11 is 1.45. The number of aromatic nitrogens is 2. The molecular weight excluding hydrogens is 374 g/mol. The molecule has 4 rings (SSSR count). The molecule has 0 bridgehead atoms. The van der Waals surface area contributed by atoms with Gasteiger partial charge in [0.15, 0.2) is 5.16 Å². The number of fused-ring (bicyclic) bond motifs is 2. The lowest BCUT2D eigenvalue weighted by atomic mass is 10.0. The lowest BCUT2D eigenvalue weighted by Crippen LogP contribution is -2.33. The zero-order valence-corrected chi connectivity index (χ0v) is 16.6. The van der Waals surface area contributed by atoms with Crippen LogP contribution < -0.4 is 10.1 Å². The third-order valence-electron chi connectivity index (χ3n) is 4.76. The monoisotopic (exact) mass is 397 g/mol. The second-order valence-electron chi connectivity index (χ2n) is 6.61. The van der Waals surface area contributed by atoms with Crippen molar-refractivity contribution >= 4 is 28.7 Å². The Balaban J connectivity index is 1.44. The Bertz CT molecular complexity index is 972. The van der Waals surface area contributed by atoms with E-state index in [0.717, 1.165) is 33.9 Å². The quantitative estimate of drug-likeness (QED) is 0.619. The molecule has 0 fully saturated rings. The van der Waals surface area contributed by atoms with Crippen LogP contribution in [0.2, 0.25) is 0 Å². The topological polar surface area (TPSA) is 65.4 Å². The smallest absolute Gasteiger partial charge is 0.230 e.